The third-order valence-electron chi connectivity index (χ3n) is 7.91. The molecule has 284 valence electrons. The topological polar surface area (TPSA) is 146 Å². The van der Waals surface area contributed by atoms with Gasteiger partial charge in [-0.05, 0) is 54.1 Å². The first kappa shape index (κ1) is 38.2. The van der Waals surface area contributed by atoms with E-state index in [0.29, 0.717) is 28.9 Å². The molecule has 0 aliphatic heterocycles. The van der Waals surface area contributed by atoms with Crippen LogP contribution in [0.15, 0.2) is 65.6 Å². The Bertz CT molecular complexity index is 2620. The number of anilines is 1. The van der Waals surface area contributed by atoms with E-state index in [-0.39, 0.29) is 38.4 Å². The average molecular weight is 803 g/mol. The molecule has 0 aliphatic rings. The molecule has 0 radical (unpaired) electrons. The maximum Gasteiger partial charge on any atom is 0.435 e. The fraction of sp³-hybridized carbons (Fsp3) is 0.219. The van der Waals surface area contributed by atoms with E-state index in [2.05, 4.69) is 25.2 Å². The first-order valence-corrected chi connectivity index (χ1v) is 17.5. The van der Waals surface area contributed by atoms with E-state index in [4.69, 9.17) is 11.6 Å². The molecule has 1 amide bonds. The van der Waals surface area contributed by atoms with Crippen molar-refractivity contribution in [2.45, 2.75) is 31.4 Å². The Morgan fingerprint density at radius 3 is 2.24 bits per heavy atom. The van der Waals surface area contributed by atoms with Crippen LogP contribution in [0.5, 0.6) is 0 Å². The van der Waals surface area contributed by atoms with Crippen molar-refractivity contribution in [3.63, 3.8) is 0 Å². The number of aromatic nitrogens is 6. The highest BCUT2D eigenvalue weighted by Gasteiger charge is 2.35. The van der Waals surface area contributed by atoms with E-state index >= 15 is 0 Å². The fourth-order valence-corrected chi connectivity index (χ4v) is 6.53. The van der Waals surface area contributed by atoms with Crippen LogP contribution in [-0.4, -0.2) is 49.7 Å². The number of halogens is 9. The van der Waals surface area contributed by atoms with E-state index < -0.39 is 87.1 Å². The summed E-state index contributed by atoms with van der Waals surface area (Å²) in [6.07, 6.45) is -8.62. The number of carbonyl (C=O) groups excluding carboxylic acids is 1. The number of alkyl halides is 6. The zero-order chi connectivity index (χ0) is 39.5. The molecule has 12 nitrogen and oxygen atoms in total. The monoisotopic (exact) mass is 802 g/mol. The predicted octanol–water partition coefficient (Wildman–Crippen LogP) is 5.91. The standard InChI is InChI=1S/C32H23ClF8N8O4S/c1-47-27-23(6-5-20(33)26(27)28(45-47)46-54(2,52)53)49-29(43-21-12-16(31(36,37)38)3-4-19(21)30(49)51)22(11-15-9-17(34)13-18(35)10-15)42-25(50)14-48-8-7-24(44-48)32(39,40)41/h3-10,12-13,22H,11,14H2,1-2H3,(H,42,50)(H,45,46). The lowest BCUT2D eigenvalue weighted by atomic mass is 10.0. The predicted molar refractivity (Wildman–Crippen MR) is 178 cm³/mol. The van der Waals surface area contributed by atoms with Crippen LogP contribution >= 0.6 is 11.6 Å². The molecule has 0 aliphatic carbocycles. The van der Waals surface area contributed by atoms with Gasteiger partial charge >= 0.3 is 12.4 Å². The quantitative estimate of drug-likeness (QED) is 0.173. The molecule has 3 aromatic carbocycles. The lowest BCUT2D eigenvalue weighted by Gasteiger charge is -2.24. The molecule has 0 spiro atoms. The second-order valence-electron chi connectivity index (χ2n) is 12.0. The van der Waals surface area contributed by atoms with E-state index in [1.54, 1.807) is 0 Å². The van der Waals surface area contributed by atoms with Gasteiger partial charge in [-0.3, -0.25) is 28.2 Å². The summed E-state index contributed by atoms with van der Waals surface area (Å²) in [5, 5.41) is 9.52. The van der Waals surface area contributed by atoms with Gasteiger partial charge < -0.3 is 5.32 Å². The maximum atomic E-state index is 14.4. The van der Waals surface area contributed by atoms with Crippen molar-refractivity contribution >= 4 is 55.2 Å². The van der Waals surface area contributed by atoms with Gasteiger partial charge in [-0.1, -0.05) is 11.6 Å². The highest BCUT2D eigenvalue weighted by molar-refractivity contribution is 7.92. The van der Waals surface area contributed by atoms with E-state index in [9.17, 15) is 53.1 Å². The summed E-state index contributed by atoms with van der Waals surface area (Å²) < 4.78 is 139. The first-order valence-electron chi connectivity index (χ1n) is 15.2. The molecule has 6 aromatic rings. The first-order chi connectivity index (χ1) is 25.1. The third-order valence-corrected chi connectivity index (χ3v) is 8.79. The molecule has 0 saturated carbocycles. The normalized spacial score (nSPS) is 13.1. The zero-order valence-electron chi connectivity index (χ0n) is 27.4. The zero-order valence-corrected chi connectivity index (χ0v) is 29.0. The second kappa shape index (κ2) is 13.7. The van der Waals surface area contributed by atoms with Gasteiger partial charge in [0.1, 0.15) is 24.0 Å². The number of fused-ring (bicyclic) bond motifs is 2. The van der Waals surface area contributed by atoms with Crippen LogP contribution < -0.4 is 15.6 Å². The summed E-state index contributed by atoms with van der Waals surface area (Å²) in [6, 6.07) is 5.88. The molecule has 6 rings (SSSR count). The van der Waals surface area contributed by atoms with Crippen LogP contribution in [0.25, 0.3) is 27.5 Å². The molecule has 0 fully saturated rings. The number of aryl methyl sites for hydroxylation is 1. The molecule has 1 unspecified atom stereocenters. The Kier molecular flexibility index (Phi) is 9.67. The number of carbonyl (C=O) groups is 1. The number of sulfonamides is 1. The minimum atomic E-state index is -4.89. The van der Waals surface area contributed by atoms with Crippen molar-refractivity contribution in [2.24, 2.45) is 7.05 Å². The molecule has 2 N–H and O–H groups in total. The number of nitrogens with one attached hydrogen (secondary N) is 2. The Balaban J connectivity index is 1.62. The Hall–Kier alpha value is -5.57. The van der Waals surface area contributed by atoms with Crippen LogP contribution in [-0.2, 0) is 47.2 Å². The highest BCUT2D eigenvalue weighted by atomic mass is 35.5. The number of benzene rings is 3. The fourth-order valence-electron chi connectivity index (χ4n) is 5.79. The summed E-state index contributed by atoms with van der Waals surface area (Å²) in [4.78, 5) is 32.3. The van der Waals surface area contributed by atoms with Crippen LogP contribution in [0.4, 0.5) is 40.9 Å². The van der Waals surface area contributed by atoms with Gasteiger partial charge in [-0.25, -0.2) is 22.2 Å². The molecule has 54 heavy (non-hydrogen) atoms. The molecule has 0 saturated heterocycles. The van der Waals surface area contributed by atoms with Gasteiger partial charge in [-0.15, -0.1) is 0 Å². The Morgan fingerprint density at radius 1 is 0.944 bits per heavy atom. The summed E-state index contributed by atoms with van der Waals surface area (Å²) in [5.74, 6) is -3.93. The molecule has 0 bridgehead atoms. The molecule has 3 aromatic heterocycles. The van der Waals surface area contributed by atoms with Crippen molar-refractivity contribution in [2.75, 3.05) is 11.0 Å². The van der Waals surface area contributed by atoms with Crippen molar-refractivity contribution in [3.8, 4) is 5.69 Å². The number of hydrogen-bond acceptors (Lipinski definition) is 7. The van der Waals surface area contributed by atoms with E-state index in [1.807, 2.05) is 0 Å². The minimum Gasteiger partial charge on any atom is -0.344 e. The van der Waals surface area contributed by atoms with Crippen molar-refractivity contribution in [1.82, 2.24) is 34.4 Å². The summed E-state index contributed by atoms with van der Waals surface area (Å²) in [6.45, 7) is -0.854. The molecular formula is C32H23ClF8N8O4S. The Morgan fingerprint density at radius 2 is 1.63 bits per heavy atom. The lowest BCUT2D eigenvalue weighted by Crippen LogP contribution is -2.37. The second-order valence-corrected chi connectivity index (χ2v) is 14.1. The van der Waals surface area contributed by atoms with Gasteiger partial charge in [0.2, 0.25) is 15.9 Å². The summed E-state index contributed by atoms with van der Waals surface area (Å²) >= 11 is 6.47. The molecular weight excluding hydrogens is 780 g/mol. The van der Waals surface area contributed by atoms with E-state index in [1.165, 1.54) is 19.2 Å². The highest BCUT2D eigenvalue weighted by Crippen LogP contribution is 2.36. The molecule has 1 atom stereocenters. The number of amides is 1. The maximum absolute atomic E-state index is 14.4. The van der Waals surface area contributed by atoms with Gasteiger partial charge in [-0.2, -0.15) is 36.5 Å². The smallest absolute Gasteiger partial charge is 0.344 e. The minimum absolute atomic E-state index is 0.0110. The lowest BCUT2D eigenvalue weighted by molar-refractivity contribution is -0.142. The average Bonchev–Trinajstić information content (AvgIpc) is 3.64. The number of hydrogen-bond donors (Lipinski definition) is 2. The van der Waals surface area contributed by atoms with Gasteiger partial charge in [0.15, 0.2) is 11.5 Å². The van der Waals surface area contributed by atoms with Crippen molar-refractivity contribution < 1.29 is 48.3 Å². The largest absolute Gasteiger partial charge is 0.435 e. The van der Waals surface area contributed by atoms with Crippen molar-refractivity contribution in [1.29, 1.82) is 0 Å². The molecule has 22 heteroatoms. The Labute approximate surface area is 303 Å². The van der Waals surface area contributed by atoms with Crippen LogP contribution in [0.3, 0.4) is 0 Å². The number of rotatable bonds is 9. The van der Waals surface area contributed by atoms with Crippen LogP contribution in [0.2, 0.25) is 5.02 Å². The summed E-state index contributed by atoms with van der Waals surface area (Å²) in [5.41, 5.74) is -4.33. The molecule has 3 heterocycles. The van der Waals surface area contributed by atoms with Crippen molar-refractivity contribution in [3.05, 3.63) is 110 Å². The van der Waals surface area contributed by atoms with Gasteiger partial charge in [0.05, 0.1) is 50.4 Å². The van der Waals surface area contributed by atoms with E-state index in [0.717, 1.165) is 39.9 Å². The van der Waals surface area contributed by atoms with Crippen LogP contribution in [0.1, 0.15) is 28.7 Å². The third kappa shape index (κ3) is 7.86. The van der Waals surface area contributed by atoms with Crippen LogP contribution in [0, 0.1) is 11.6 Å². The van der Waals surface area contributed by atoms with Gasteiger partial charge in [0, 0.05) is 25.7 Å². The SMILES string of the molecule is Cn1nc(NS(C)(=O)=O)c2c(Cl)ccc(-n3c(C(Cc4cc(F)cc(F)c4)NC(=O)Cn4ccc(C(F)(F)F)n4)nc4cc(C(F)(F)F)ccc4c3=O)c21. The number of nitrogens with zero attached hydrogens (tertiary/aromatic N) is 6. The van der Waals surface area contributed by atoms with Gasteiger partial charge in [0.25, 0.3) is 5.56 Å². The summed E-state index contributed by atoms with van der Waals surface area (Å²) in [7, 11) is -2.59.